The Kier molecular flexibility index (Phi) is 5.22. The summed E-state index contributed by atoms with van der Waals surface area (Å²) in [5.41, 5.74) is 0.353. The Labute approximate surface area is 101 Å². The molecule has 5 heteroatoms. The van der Waals surface area contributed by atoms with Crippen molar-refractivity contribution in [2.75, 3.05) is 26.7 Å². The van der Waals surface area contributed by atoms with E-state index in [4.69, 9.17) is 11.6 Å². The number of aromatic nitrogens is 1. The van der Waals surface area contributed by atoms with Crippen molar-refractivity contribution in [3.8, 4) is 0 Å². The van der Waals surface area contributed by atoms with Crippen LogP contribution in [-0.4, -0.2) is 42.5 Å². The standard InChI is InChI=1S/C11H16ClN3O/c1-3-15(2)8-7-13-11(16)9-5-4-6-10(12)14-9/h4-6H,3,7-8H2,1-2H3,(H,13,16). The molecule has 0 spiro atoms. The number of likely N-dealkylation sites (N-methyl/N-ethyl adjacent to an activating group) is 1. The number of hydrogen-bond acceptors (Lipinski definition) is 3. The molecule has 0 bridgehead atoms. The predicted molar refractivity (Wildman–Crippen MR) is 64.8 cm³/mol. The van der Waals surface area contributed by atoms with Gasteiger partial charge in [-0.25, -0.2) is 4.98 Å². The van der Waals surface area contributed by atoms with Gasteiger partial charge in [-0.3, -0.25) is 4.79 Å². The third-order valence-corrected chi connectivity index (χ3v) is 2.48. The van der Waals surface area contributed by atoms with Gasteiger partial charge < -0.3 is 10.2 Å². The van der Waals surface area contributed by atoms with Crippen LogP contribution in [0.5, 0.6) is 0 Å². The molecule has 0 saturated heterocycles. The largest absolute Gasteiger partial charge is 0.349 e. The summed E-state index contributed by atoms with van der Waals surface area (Å²) >= 11 is 5.70. The monoisotopic (exact) mass is 241 g/mol. The van der Waals surface area contributed by atoms with Crippen molar-refractivity contribution in [2.24, 2.45) is 0 Å². The third kappa shape index (κ3) is 4.16. The second kappa shape index (κ2) is 6.45. The molecule has 0 unspecified atom stereocenters. The average Bonchev–Trinajstić information content (AvgIpc) is 2.28. The molecule has 0 aromatic carbocycles. The SMILES string of the molecule is CCN(C)CCNC(=O)c1cccc(Cl)n1. The zero-order chi connectivity index (χ0) is 12.0. The Balaban J connectivity index is 2.41. The number of nitrogens with one attached hydrogen (secondary N) is 1. The van der Waals surface area contributed by atoms with Gasteiger partial charge in [0, 0.05) is 13.1 Å². The number of carbonyl (C=O) groups is 1. The van der Waals surface area contributed by atoms with Crippen LogP contribution < -0.4 is 5.32 Å². The van der Waals surface area contributed by atoms with E-state index in [9.17, 15) is 4.79 Å². The molecule has 1 N–H and O–H groups in total. The lowest BCUT2D eigenvalue weighted by atomic mass is 10.3. The summed E-state index contributed by atoms with van der Waals surface area (Å²) in [5.74, 6) is -0.188. The van der Waals surface area contributed by atoms with Crippen LogP contribution in [0.15, 0.2) is 18.2 Å². The van der Waals surface area contributed by atoms with Crippen molar-refractivity contribution in [3.05, 3.63) is 29.0 Å². The van der Waals surface area contributed by atoms with Crippen LogP contribution in [0.3, 0.4) is 0 Å². The molecule has 0 aliphatic carbocycles. The number of pyridine rings is 1. The van der Waals surface area contributed by atoms with E-state index >= 15 is 0 Å². The van der Waals surface area contributed by atoms with Gasteiger partial charge >= 0.3 is 0 Å². The first kappa shape index (κ1) is 12.9. The predicted octanol–water partition coefficient (Wildman–Crippen LogP) is 1.42. The summed E-state index contributed by atoms with van der Waals surface area (Å²) in [5, 5.41) is 3.12. The summed E-state index contributed by atoms with van der Waals surface area (Å²) in [4.78, 5) is 17.7. The normalized spacial score (nSPS) is 10.5. The molecule has 1 aromatic rings. The van der Waals surface area contributed by atoms with Gasteiger partial charge in [-0.15, -0.1) is 0 Å². The first-order valence-corrected chi connectivity index (χ1v) is 5.60. The average molecular weight is 242 g/mol. The van der Waals surface area contributed by atoms with Crippen LogP contribution in [0.25, 0.3) is 0 Å². The lowest BCUT2D eigenvalue weighted by molar-refractivity contribution is 0.0945. The summed E-state index contributed by atoms with van der Waals surface area (Å²) in [6.45, 7) is 4.46. The second-order valence-corrected chi connectivity index (χ2v) is 3.88. The van der Waals surface area contributed by atoms with Gasteiger partial charge in [0.05, 0.1) is 0 Å². The van der Waals surface area contributed by atoms with Gasteiger partial charge in [-0.2, -0.15) is 0 Å². The maximum atomic E-state index is 11.6. The van der Waals surface area contributed by atoms with Crippen molar-refractivity contribution in [1.82, 2.24) is 15.2 Å². The minimum atomic E-state index is -0.188. The van der Waals surface area contributed by atoms with E-state index in [1.165, 1.54) is 0 Å². The van der Waals surface area contributed by atoms with Gasteiger partial charge in [0.25, 0.3) is 5.91 Å². The lowest BCUT2D eigenvalue weighted by Crippen LogP contribution is -2.33. The molecular weight excluding hydrogens is 226 g/mol. The molecule has 4 nitrogen and oxygen atoms in total. The van der Waals surface area contributed by atoms with E-state index in [-0.39, 0.29) is 5.91 Å². The maximum absolute atomic E-state index is 11.6. The summed E-state index contributed by atoms with van der Waals surface area (Å²) in [6.07, 6.45) is 0. The highest BCUT2D eigenvalue weighted by Crippen LogP contribution is 2.04. The molecule has 16 heavy (non-hydrogen) atoms. The third-order valence-electron chi connectivity index (χ3n) is 2.27. The van der Waals surface area contributed by atoms with Gasteiger partial charge in [0.2, 0.25) is 0 Å². The lowest BCUT2D eigenvalue weighted by Gasteiger charge is -2.13. The molecule has 88 valence electrons. The van der Waals surface area contributed by atoms with E-state index in [0.717, 1.165) is 13.1 Å². The molecule has 0 atom stereocenters. The fraction of sp³-hybridized carbons (Fsp3) is 0.455. The van der Waals surface area contributed by atoms with Crippen LogP contribution in [0.1, 0.15) is 17.4 Å². The summed E-state index contributed by atoms with van der Waals surface area (Å²) in [6, 6.07) is 5.00. The van der Waals surface area contributed by atoms with Gasteiger partial charge in [0.15, 0.2) is 0 Å². The van der Waals surface area contributed by atoms with Crippen molar-refractivity contribution < 1.29 is 4.79 Å². The summed E-state index contributed by atoms with van der Waals surface area (Å²) < 4.78 is 0. The van der Waals surface area contributed by atoms with Crippen LogP contribution in [0.4, 0.5) is 0 Å². The van der Waals surface area contributed by atoms with Crippen molar-refractivity contribution in [2.45, 2.75) is 6.92 Å². The van der Waals surface area contributed by atoms with Gasteiger partial charge in [-0.1, -0.05) is 24.6 Å². The minimum Gasteiger partial charge on any atom is -0.349 e. The molecule has 0 aliphatic rings. The number of amides is 1. The Morgan fingerprint density at radius 1 is 1.56 bits per heavy atom. The van der Waals surface area contributed by atoms with E-state index in [1.54, 1.807) is 18.2 Å². The Hall–Kier alpha value is -1.13. The minimum absolute atomic E-state index is 0.188. The molecule has 1 amide bonds. The Morgan fingerprint density at radius 3 is 2.94 bits per heavy atom. The fourth-order valence-corrected chi connectivity index (χ4v) is 1.31. The molecule has 1 heterocycles. The number of rotatable bonds is 5. The van der Waals surface area contributed by atoms with Crippen LogP contribution >= 0.6 is 11.6 Å². The van der Waals surface area contributed by atoms with E-state index in [0.29, 0.717) is 17.4 Å². The highest BCUT2D eigenvalue weighted by atomic mass is 35.5. The van der Waals surface area contributed by atoms with E-state index < -0.39 is 0 Å². The molecule has 0 saturated carbocycles. The topological polar surface area (TPSA) is 45.2 Å². The molecule has 0 aliphatic heterocycles. The first-order valence-electron chi connectivity index (χ1n) is 5.22. The zero-order valence-electron chi connectivity index (χ0n) is 9.53. The molecule has 0 fully saturated rings. The number of carbonyl (C=O) groups excluding carboxylic acids is 1. The molecule has 1 rings (SSSR count). The van der Waals surface area contributed by atoms with Crippen molar-refractivity contribution in [1.29, 1.82) is 0 Å². The van der Waals surface area contributed by atoms with E-state index in [2.05, 4.69) is 22.1 Å². The Bertz CT molecular complexity index is 357. The molecular formula is C11H16ClN3O. The molecule has 0 radical (unpaired) electrons. The number of halogens is 1. The van der Waals surface area contributed by atoms with Crippen LogP contribution in [0.2, 0.25) is 5.15 Å². The number of nitrogens with zero attached hydrogens (tertiary/aromatic N) is 2. The van der Waals surface area contributed by atoms with Gasteiger partial charge in [-0.05, 0) is 25.7 Å². The van der Waals surface area contributed by atoms with Crippen LogP contribution in [0, 0.1) is 0 Å². The molecule has 1 aromatic heterocycles. The van der Waals surface area contributed by atoms with Crippen molar-refractivity contribution >= 4 is 17.5 Å². The quantitative estimate of drug-likeness (QED) is 0.793. The first-order chi connectivity index (χ1) is 7.63. The highest BCUT2D eigenvalue weighted by molar-refractivity contribution is 6.29. The zero-order valence-corrected chi connectivity index (χ0v) is 10.3. The highest BCUT2D eigenvalue weighted by Gasteiger charge is 2.06. The van der Waals surface area contributed by atoms with Crippen molar-refractivity contribution in [3.63, 3.8) is 0 Å². The fourth-order valence-electron chi connectivity index (χ4n) is 1.14. The maximum Gasteiger partial charge on any atom is 0.269 e. The Morgan fingerprint density at radius 2 is 2.31 bits per heavy atom. The number of hydrogen-bond donors (Lipinski definition) is 1. The summed E-state index contributed by atoms with van der Waals surface area (Å²) in [7, 11) is 2.00. The van der Waals surface area contributed by atoms with Crippen LogP contribution in [-0.2, 0) is 0 Å². The smallest absolute Gasteiger partial charge is 0.269 e. The van der Waals surface area contributed by atoms with Gasteiger partial charge in [0.1, 0.15) is 10.8 Å². The second-order valence-electron chi connectivity index (χ2n) is 3.50. The van der Waals surface area contributed by atoms with E-state index in [1.807, 2.05) is 7.05 Å².